The van der Waals surface area contributed by atoms with Gasteiger partial charge >= 0.3 is 6.09 Å². The molecule has 1 N–H and O–H groups in total. The largest absolute Gasteiger partial charge is 0.444 e. The van der Waals surface area contributed by atoms with Crippen LogP contribution < -0.4 is 5.32 Å². The normalized spacial score (nSPS) is 12.7. The maximum absolute atomic E-state index is 13.2. The number of hydrogen-bond donors (Lipinski definition) is 1. The van der Waals surface area contributed by atoms with Gasteiger partial charge in [-0.1, -0.05) is 74.5 Å². The van der Waals surface area contributed by atoms with Crippen LogP contribution in [0.3, 0.4) is 0 Å². The zero-order valence-electron chi connectivity index (χ0n) is 18.9. The van der Waals surface area contributed by atoms with E-state index < -0.39 is 17.7 Å². The van der Waals surface area contributed by atoms with E-state index in [0.29, 0.717) is 13.0 Å². The first kappa shape index (κ1) is 23.5. The summed E-state index contributed by atoms with van der Waals surface area (Å²) in [6, 6.07) is 19.1. The Morgan fingerprint density at radius 2 is 1.47 bits per heavy atom. The lowest BCUT2D eigenvalue weighted by Crippen LogP contribution is -2.52. The first-order valence-electron chi connectivity index (χ1n) is 10.3. The molecule has 162 valence electrons. The van der Waals surface area contributed by atoms with Gasteiger partial charge in [-0.3, -0.25) is 9.69 Å². The molecule has 0 spiro atoms. The van der Waals surface area contributed by atoms with Gasteiger partial charge in [0, 0.05) is 25.4 Å². The van der Waals surface area contributed by atoms with Crippen molar-refractivity contribution in [2.24, 2.45) is 0 Å². The minimum atomic E-state index is -0.672. The molecule has 1 atom stereocenters. The Kier molecular flexibility index (Phi) is 7.65. The van der Waals surface area contributed by atoms with Gasteiger partial charge in [0.05, 0.1) is 0 Å². The molecule has 0 saturated carbocycles. The van der Waals surface area contributed by atoms with Crippen LogP contribution in [0, 0.1) is 0 Å². The van der Waals surface area contributed by atoms with Crippen LogP contribution in [0.1, 0.15) is 45.7 Å². The van der Waals surface area contributed by atoms with Gasteiger partial charge in [-0.05, 0) is 31.9 Å². The smallest absolute Gasteiger partial charge is 0.410 e. The number of carbonyl (C=O) groups excluding carboxylic acids is 2. The van der Waals surface area contributed by atoms with Crippen molar-refractivity contribution in [3.8, 4) is 0 Å². The zero-order valence-corrected chi connectivity index (χ0v) is 18.9. The second-order valence-corrected chi connectivity index (χ2v) is 9.26. The van der Waals surface area contributed by atoms with Crippen molar-refractivity contribution < 1.29 is 14.3 Å². The summed E-state index contributed by atoms with van der Waals surface area (Å²) in [6.07, 6.45) is -0.102. The lowest BCUT2D eigenvalue weighted by molar-refractivity contribution is -0.126. The highest BCUT2D eigenvalue weighted by Gasteiger charge is 2.31. The fraction of sp³-hybridized carbons (Fsp3) is 0.440. The highest BCUT2D eigenvalue weighted by atomic mass is 16.6. The molecule has 30 heavy (non-hydrogen) atoms. The topological polar surface area (TPSA) is 58.6 Å². The number of rotatable bonds is 7. The van der Waals surface area contributed by atoms with E-state index in [1.165, 1.54) is 4.90 Å². The van der Waals surface area contributed by atoms with Gasteiger partial charge in [-0.2, -0.15) is 0 Å². The molecule has 0 fully saturated rings. The Bertz CT molecular complexity index is 826. The molecule has 2 aromatic rings. The lowest BCUT2D eigenvalue weighted by atomic mass is 9.84. The minimum absolute atomic E-state index is 0.198. The number of nitrogens with one attached hydrogen (secondary N) is 1. The maximum atomic E-state index is 13.2. The van der Waals surface area contributed by atoms with Gasteiger partial charge in [0.1, 0.15) is 11.6 Å². The molecule has 0 aliphatic heterocycles. The summed E-state index contributed by atoms with van der Waals surface area (Å²) in [4.78, 5) is 27.2. The van der Waals surface area contributed by atoms with E-state index in [2.05, 4.69) is 31.3 Å². The van der Waals surface area contributed by atoms with E-state index in [1.54, 1.807) is 7.05 Å². The zero-order chi connectivity index (χ0) is 22.4. The van der Waals surface area contributed by atoms with Crippen LogP contribution in [0.4, 0.5) is 4.79 Å². The molecule has 0 aliphatic rings. The van der Waals surface area contributed by atoms with E-state index in [1.807, 2.05) is 69.3 Å². The van der Waals surface area contributed by atoms with Crippen LogP contribution in [0.2, 0.25) is 0 Å². The van der Waals surface area contributed by atoms with Crippen LogP contribution in [0.25, 0.3) is 0 Å². The first-order chi connectivity index (χ1) is 14.0. The Morgan fingerprint density at radius 1 is 0.933 bits per heavy atom. The number of benzene rings is 2. The highest BCUT2D eigenvalue weighted by Crippen LogP contribution is 2.22. The Hall–Kier alpha value is -2.82. The van der Waals surface area contributed by atoms with E-state index in [0.717, 1.165) is 11.1 Å². The second-order valence-electron chi connectivity index (χ2n) is 9.26. The molecule has 0 aliphatic carbocycles. The summed E-state index contributed by atoms with van der Waals surface area (Å²) in [7, 11) is 1.61. The molecule has 5 nitrogen and oxygen atoms in total. The van der Waals surface area contributed by atoms with Gasteiger partial charge in [-0.25, -0.2) is 4.79 Å². The molecular weight excluding hydrogens is 376 g/mol. The third-order valence-corrected chi connectivity index (χ3v) is 4.98. The first-order valence-corrected chi connectivity index (χ1v) is 10.3. The van der Waals surface area contributed by atoms with Gasteiger partial charge in [0.2, 0.25) is 5.91 Å². The SMILES string of the molecule is CN(C(=O)OC(C)(C)C)[C@@H](Cc1ccccc1)C(=O)NCC(C)(C)c1ccccc1. The molecule has 2 amide bonds. The van der Waals surface area contributed by atoms with Crippen LogP contribution in [0.5, 0.6) is 0 Å². The van der Waals surface area contributed by atoms with Crippen LogP contribution in [-0.2, 0) is 21.4 Å². The molecular formula is C25H34N2O3. The van der Waals surface area contributed by atoms with E-state index in [9.17, 15) is 9.59 Å². The highest BCUT2D eigenvalue weighted by molar-refractivity contribution is 5.86. The lowest BCUT2D eigenvalue weighted by Gasteiger charge is -2.32. The van der Waals surface area contributed by atoms with E-state index in [-0.39, 0.29) is 11.3 Å². The van der Waals surface area contributed by atoms with Crippen molar-refractivity contribution in [1.82, 2.24) is 10.2 Å². The van der Waals surface area contributed by atoms with E-state index >= 15 is 0 Å². The van der Waals surface area contributed by atoms with Gasteiger partial charge < -0.3 is 10.1 Å². The molecule has 0 unspecified atom stereocenters. The molecule has 2 rings (SSSR count). The Morgan fingerprint density at radius 3 is 2.00 bits per heavy atom. The third-order valence-electron chi connectivity index (χ3n) is 4.98. The third kappa shape index (κ3) is 6.90. The van der Waals surface area contributed by atoms with Crippen molar-refractivity contribution in [3.63, 3.8) is 0 Å². The molecule has 0 bridgehead atoms. The predicted octanol–water partition coefficient (Wildman–Crippen LogP) is 4.56. The fourth-order valence-corrected chi connectivity index (χ4v) is 3.12. The Labute approximate surface area is 180 Å². The molecule has 5 heteroatoms. The molecule has 0 saturated heterocycles. The van der Waals surface area contributed by atoms with E-state index in [4.69, 9.17) is 4.74 Å². The average Bonchev–Trinajstić information content (AvgIpc) is 2.70. The van der Waals surface area contributed by atoms with Crippen LogP contribution in [-0.4, -0.2) is 42.1 Å². The summed E-state index contributed by atoms with van der Waals surface area (Å²) in [6.45, 7) is 10.1. The standard InChI is InChI=1S/C25H34N2O3/c1-24(2,3)30-23(29)27(6)21(17-19-13-9-7-10-14-19)22(28)26-18-25(4,5)20-15-11-8-12-16-20/h7-16,21H,17-18H2,1-6H3,(H,26,28)/t21-/m0/s1. The Balaban J connectivity index is 2.16. The predicted molar refractivity (Wildman–Crippen MR) is 120 cm³/mol. The molecule has 2 aromatic carbocycles. The summed E-state index contributed by atoms with van der Waals surface area (Å²) in [5.41, 5.74) is 1.26. The number of nitrogens with zero attached hydrogens (tertiary/aromatic N) is 1. The monoisotopic (exact) mass is 410 g/mol. The number of likely N-dealkylation sites (N-methyl/N-ethyl adjacent to an activating group) is 1. The maximum Gasteiger partial charge on any atom is 0.410 e. The number of hydrogen-bond acceptors (Lipinski definition) is 3. The quantitative estimate of drug-likeness (QED) is 0.728. The average molecular weight is 411 g/mol. The minimum Gasteiger partial charge on any atom is -0.444 e. The van der Waals surface area contributed by atoms with Crippen molar-refractivity contribution in [2.45, 2.75) is 58.1 Å². The molecule has 0 aromatic heterocycles. The second kappa shape index (κ2) is 9.79. The molecule has 0 radical (unpaired) electrons. The van der Waals surface area contributed by atoms with Crippen molar-refractivity contribution in [1.29, 1.82) is 0 Å². The molecule has 0 heterocycles. The summed E-state index contributed by atoms with van der Waals surface area (Å²) in [5.74, 6) is -0.198. The summed E-state index contributed by atoms with van der Waals surface area (Å²) in [5, 5.41) is 3.05. The van der Waals surface area contributed by atoms with Crippen LogP contribution >= 0.6 is 0 Å². The van der Waals surface area contributed by atoms with Gasteiger partial charge in [0.25, 0.3) is 0 Å². The number of carbonyl (C=O) groups is 2. The number of amides is 2. The number of ether oxygens (including phenoxy) is 1. The van der Waals surface area contributed by atoms with Gasteiger partial charge in [-0.15, -0.1) is 0 Å². The van der Waals surface area contributed by atoms with Gasteiger partial charge in [0.15, 0.2) is 0 Å². The fourth-order valence-electron chi connectivity index (χ4n) is 3.12. The van der Waals surface area contributed by atoms with Crippen LogP contribution in [0.15, 0.2) is 60.7 Å². The van der Waals surface area contributed by atoms with Crippen molar-refractivity contribution >= 4 is 12.0 Å². The van der Waals surface area contributed by atoms with Crippen molar-refractivity contribution in [2.75, 3.05) is 13.6 Å². The summed E-state index contributed by atoms with van der Waals surface area (Å²) < 4.78 is 5.49. The summed E-state index contributed by atoms with van der Waals surface area (Å²) >= 11 is 0. The van der Waals surface area contributed by atoms with Crippen molar-refractivity contribution in [3.05, 3.63) is 71.8 Å².